The normalized spacial score (nSPS) is 11.7. The predicted octanol–water partition coefficient (Wildman–Crippen LogP) is 13.0. The SMILES string of the molecule is c1ccc(-c2cnc3c4ccccc4c4ccccc4c3n2)c(-c2ccc(-c3ccc(-c4cccc5c4sc4ccccc45)cc3)cc2)c1. The number of hydrogen-bond donors (Lipinski definition) is 0. The zero-order valence-corrected chi connectivity index (χ0v) is 27.3. The van der Waals surface area contributed by atoms with Gasteiger partial charge in [-0.3, -0.25) is 4.98 Å². The third kappa shape index (κ3) is 4.55. The molecule has 2 nitrogen and oxygen atoms in total. The molecule has 0 bridgehead atoms. The maximum absolute atomic E-state index is 5.28. The van der Waals surface area contributed by atoms with Crippen LogP contribution in [0.15, 0.2) is 170 Å². The van der Waals surface area contributed by atoms with Crippen molar-refractivity contribution in [3.8, 4) is 44.6 Å². The Morgan fingerprint density at radius 1 is 0.347 bits per heavy atom. The number of rotatable bonds is 4. The van der Waals surface area contributed by atoms with Gasteiger partial charge in [0.25, 0.3) is 0 Å². The van der Waals surface area contributed by atoms with Gasteiger partial charge in [0.15, 0.2) is 0 Å². The van der Waals surface area contributed by atoms with Gasteiger partial charge in [-0.2, -0.15) is 0 Å². The zero-order chi connectivity index (χ0) is 32.3. The molecule has 0 atom stereocenters. The van der Waals surface area contributed by atoms with Crippen LogP contribution in [0.4, 0.5) is 0 Å². The maximum Gasteiger partial charge on any atom is 0.0979 e. The van der Waals surface area contributed by atoms with Gasteiger partial charge in [-0.15, -0.1) is 11.3 Å². The molecule has 10 rings (SSSR count). The Labute approximate surface area is 287 Å². The quantitative estimate of drug-likeness (QED) is 0.179. The van der Waals surface area contributed by atoms with Gasteiger partial charge in [-0.05, 0) is 50.2 Å². The molecule has 0 aliphatic rings. The molecule has 3 heteroatoms. The number of aromatic nitrogens is 2. The Kier molecular flexibility index (Phi) is 6.39. The molecule has 0 amide bonds. The number of nitrogens with zero attached hydrogens (tertiary/aromatic N) is 2. The van der Waals surface area contributed by atoms with Crippen LogP contribution >= 0.6 is 11.3 Å². The van der Waals surface area contributed by atoms with Crippen LogP contribution in [0.25, 0.3) is 97.4 Å². The number of benzene rings is 8. The Hall–Kier alpha value is -6.16. The summed E-state index contributed by atoms with van der Waals surface area (Å²) in [5, 5.41) is 7.32. The van der Waals surface area contributed by atoms with E-state index in [4.69, 9.17) is 9.97 Å². The number of hydrogen-bond acceptors (Lipinski definition) is 3. The summed E-state index contributed by atoms with van der Waals surface area (Å²) in [4.78, 5) is 10.3. The molecular formula is C46H28N2S. The second-order valence-electron chi connectivity index (χ2n) is 12.5. The summed E-state index contributed by atoms with van der Waals surface area (Å²) in [6.45, 7) is 0. The van der Waals surface area contributed by atoms with E-state index in [1.165, 1.54) is 53.2 Å². The Morgan fingerprint density at radius 2 is 0.837 bits per heavy atom. The van der Waals surface area contributed by atoms with Crippen molar-refractivity contribution in [2.45, 2.75) is 0 Å². The second kappa shape index (κ2) is 11.2. The highest BCUT2D eigenvalue weighted by Crippen LogP contribution is 2.41. The van der Waals surface area contributed by atoms with E-state index >= 15 is 0 Å². The van der Waals surface area contributed by atoms with Crippen LogP contribution in [0, 0.1) is 0 Å². The van der Waals surface area contributed by atoms with Gasteiger partial charge in [0.2, 0.25) is 0 Å². The lowest BCUT2D eigenvalue weighted by molar-refractivity contribution is 1.31. The van der Waals surface area contributed by atoms with E-state index in [2.05, 4.69) is 164 Å². The maximum atomic E-state index is 5.28. The van der Waals surface area contributed by atoms with Gasteiger partial charge < -0.3 is 0 Å². The predicted molar refractivity (Wildman–Crippen MR) is 209 cm³/mol. The lowest BCUT2D eigenvalue weighted by atomic mass is 9.94. The highest BCUT2D eigenvalue weighted by molar-refractivity contribution is 7.26. The van der Waals surface area contributed by atoms with Gasteiger partial charge in [-0.25, -0.2) is 4.98 Å². The average Bonchev–Trinajstić information content (AvgIpc) is 3.57. The lowest BCUT2D eigenvalue weighted by Crippen LogP contribution is -1.93. The highest BCUT2D eigenvalue weighted by Gasteiger charge is 2.15. The minimum Gasteiger partial charge on any atom is -0.252 e. The van der Waals surface area contributed by atoms with Crippen molar-refractivity contribution in [2.75, 3.05) is 0 Å². The van der Waals surface area contributed by atoms with E-state index in [1.807, 2.05) is 17.5 Å². The summed E-state index contributed by atoms with van der Waals surface area (Å²) in [5.41, 5.74) is 11.0. The Balaban J connectivity index is 1.00. The molecule has 0 fully saturated rings. The first kappa shape index (κ1) is 27.9. The van der Waals surface area contributed by atoms with Crippen LogP contribution in [0.2, 0.25) is 0 Å². The smallest absolute Gasteiger partial charge is 0.0979 e. The van der Waals surface area contributed by atoms with Crippen LogP contribution in [0.1, 0.15) is 0 Å². The molecule has 0 N–H and O–H groups in total. The van der Waals surface area contributed by atoms with E-state index in [1.54, 1.807) is 0 Å². The monoisotopic (exact) mass is 640 g/mol. The fraction of sp³-hybridized carbons (Fsp3) is 0. The summed E-state index contributed by atoms with van der Waals surface area (Å²) in [6, 6.07) is 58.7. The standard InChI is InChI=1S/C46H28N2S/c1-4-13-37(42-28-47-44-39-15-5-2-11-35(39)36-12-3-6-16-40(36)45(44)48-42)33(10-1)31-24-20-29(21-25-31)30-22-26-32(27-23-30)34-17-9-18-41-38-14-7-8-19-43(38)49-46(34)41/h1-28H. The molecule has 0 aliphatic heterocycles. The second-order valence-corrected chi connectivity index (χ2v) is 13.6. The van der Waals surface area contributed by atoms with E-state index in [9.17, 15) is 0 Å². The van der Waals surface area contributed by atoms with E-state index in [-0.39, 0.29) is 0 Å². The van der Waals surface area contributed by atoms with Crippen molar-refractivity contribution in [3.63, 3.8) is 0 Å². The van der Waals surface area contributed by atoms with Crippen LogP contribution < -0.4 is 0 Å². The first-order valence-corrected chi connectivity index (χ1v) is 17.4. The van der Waals surface area contributed by atoms with Crippen LogP contribution in [0.5, 0.6) is 0 Å². The first-order valence-electron chi connectivity index (χ1n) is 16.6. The molecule has 10 aromatic rings. The van der Waals surface area contributed by atoms with Gasteiger partial charge in [0.05, 0.1) is 22.9 Å². The summed E-state index contributed by atoms with van der Waals surface area (Å²) in [6.07, 6.45) is 1.93. The molecule has 2 aromatic heterocycles. The molecule has 228 valence electrons. The molecular weight excluding hydrogens is 613 g/mol. The minimum atomic E-state index is 0.872. The van der Waals surface area contributed by atoms with Gasteiger partial charge in [-0.1, -0.05) is 158 Å². The van der Waals surface area contributed by atoms with Crippen molar-refractivity contribution in [2.24, 2.45) is 0 Å². The number of fused-ring (bicyclic) bond motifs is 9. The Morgan fingerprint density at radius 3 is 1.53 bits per heavy atom. The van der Waals surface area contributed by atoms with Crippen LogP contribution in [-0.4, -0.2) is 9.97 Å². The van der Waals surface area contributed by atoms with Gasteiger partial charge >= 0.3 is 0 Å². The number of thiophene rings is 1. The van der Waals surface area contributed by atoms with E-state index < -0.39 is 0 Å². The van der Waals surface area contributed by atoms with Crippen molar-refractivity contribution in [3.05, 3.63) is 170 Å². The Bertz CT molecular complexity index is 2830. The van der Waals surface area contributed by atoms with E-state index in [0.29, 0.717) is 0 Å². The molecule has 8 aromatic carbocycles. The fourth-order valence-corrected chi connectivity index (χ4v) is 8.61. The molecule has 0 aliphatic carbocycles. The van der Waals surface area contributed by atoms with Gasteiger partial charge in [0, 0.05) is 36.5 Å². The largest absolute Gasteiger partial charge is 0.252 e. The first-order chi connectivity index (χ1) is 24.3. The highest BCUT2D eigenvalue weighted by atomic mass is 32.1. The lowest BCUT2D eigenvalue weighted by Gasteiger charge is -2.13. The van der Waals surface area contributed by atoms with Crippen molar-refractivity contribution in [1.82, 2.24) is 9.97 Å². The molecule has 2 heterocycles. The van der Waals surface area contributed by atoms with Crippen LogP contribution in [0.3, 0.4) is 0 Å². The molecule has 49 heavy (non-hydrogen) atoms. The van der Waals surface area contributed by atoms with Crippen molar-refractivity contribution < 1.29 is 0 Å². The van der Waals surface area contributed by atoms with Gasteiger partial charge in [0.1, 0.15) is 0 Å². The van der Waals surface area contributed by atoms with Crippen molar-refractivity contribution in [1.29, 1.82) is 0 Å². The summed E-state index contributed by atoms with van der Waals surface area (Å²) >= 11 is 1.88. The molecule has 0 unspecified atom stereocenters. The minimum absolute atomic E-state index is 0.872. The molecule has 0 saturated carbocycles. The molecule has 0 saturated heterocycles. The summed E-state index contributed by atoms with van der Waals surface area (Å²) < 4.78 is 2.68. The summed E-state index contributed by atoms with van der Waals surface area (Å²) in [5.74, 6) is 0. The molecule has 0 radical (unpaired) electrons. The third-order valence-electron chi connectivity index (χ3n) is 9.76. The summed E-state index contributed by atoms with van der Waals surface area (Å²) in [7, 11) is 0. The third-order valence-corrected chi connectivity index (χ3v) is 11.0. The molecule has 0 spiro atoms. The topological polar surface area (TPSA) is 25.8 Å². The van der Waals surface area contributed by atoms with Crippen LogP contribution in [-0.2, 0) is 0 Å². The zero-order valence-electron chi connectivity index (χ0n) is 26.5. The van der Waals surface area contributed by atoms with E-state index in [0.717, 1.165) is 44.2 Å². The van der Waals surface area contributed by atoms with Crippen molar-refractivity contribution >= 4 is 64.1 Å². The average molecular weight is 641 g/mol. The fourth-order valence-electron chi connectivity index (χ4n) is 7.37.